The summed E-state index contributed by atoms with van der Waals surface area (Å²) in [4.78, 5) is 22.3. The standard InChI is InChI=1S/C20H27N5O7S/c1-12-18(10-24(23-12)11-20(3,4)29)33(30,31)25-9-15(8-21-13(2)26)32-17-6-5-14(7-16(17)25)22-19(27)28/h5-7,10,15,22,29H,8-9,11H2,1-4H3,(H,21,26)(H,27,28). The van der Waals surface area contributed by atoms with Crippen molar-refractivity contribution in [3.05, 3.63) is 30.1 Å². The third-order valence-corrected chi connectivity index (χ3v) is 6.62. The number of aromatic nitrogens is 2. The van der Waals surface area contributed by atoms with Gasteiger partial charge >= 0.3 is 6.09 Å². The minimum atomic E-state index is -4.16. The molecule has 0 aliphatic carbocycles. The Kier molecular flexibility index (Phi) is 6.56. The lowest BCUT2D eigenvalue weighted by atomic mass is 10.1. The number of nitrogens with one attached hydrogen (secondary N) is 2. The first-order valence-corrected chi connectivity index (χ1v) is 11.5. The zero-order valence-corrected chi connectivity index (χ0v) is 19.5. The number of fused-ring (bicyclic) bond motifs is 1. The highest BCUT2D eigenvalue weighted by atomic mass is 32.2. The molecule has 2 heterocycles. The quantitative estimate of drug-likeness (QED) is 0.457. The van der Waals surface area contributed by atoms with E-state index in [4.69, 9.17) is 9.84 Å². The fraction of sp³-hybridized carbons (Fsp3) is 0.450. The number of ether oxygens (including phenoxy) is 1. The van der Waals surface area contributed by atoms with E-state index in [9.17, 15) is 23.1 Å². The summed E-state index contributed by atoms with van der Waals surface area (Å²) in [5, 5.41) is 28.1. The molecule has 0 saturated heterocycles. The number of aryl methyl sites for hydroxylation is 1. The number of benzene rings is 1. The van der Waals surface area contributed by atoms with Gasteiger partial charge in [0, 0.05) is 18.8 Å². The van der Waals surface area contributed by atoms with Crippen LogP contribution < -0.4 is 19.7 Å². The van der Waals surface area contributed by atoms with Crippen LogP contribution in [0.5, 0.6) is 5.75 Å². The molecule has 0 saturated carbocycles. The molecule has 0 bridgehead atoms. The average Bonchev–Trinajstić information content (AvgIpc) is 3.04. The Hall–Kier alpha value is -3.32. The molecule has 180 valence electrons. The van der Waals surface area contributed by atoms with Crippen LogP contribution in [-0.4, -0.2) is 65.2 Å². The third kappa shape index (κ3) is 5.73. The lowest BCUT2D eigenvalue weighted by Gasteiger charge is -2.35. The predicted molar refractivity (Wildman–Crippen MR) is 119 cm³/mol. The molecule has 2 amide bonds. The maximum atomic E-state index is 13.7. The highest BCUT2D eigenvalue weighted by Crippen LogP contribution is 2.39. The Morgan fingerprint density at radius 3 is 2.64 bits per heavy atom. The number of carbonyl (C=O) groups excluding carboxylic acids is 1. The van der Waals surface area contributed by atoms with E-state index in [2.05, 4.69) is 15.7 Å². The van der Waals surface area contributed by atoms with Crippen LogP contribution in [0.25, 0.3) is 0 Å². The number of aliphatic hydroxyl groups is 1. The molecule has 4 N–H and O–H groups in total. The number of anilines is 2. The van der Waals surface area contributed by atoms with Gasteiger partial charge in [0.15, 0.2) is 0 Å². The second-order valence-electron chi connectivity index (χ2n) is 8.41. The molecule has 2 aromatic rings. The lowest BCUT2D eigenvalue weighted by molar-refractivity contribution is -0.119. The smallest absolute Gasteiger partial charge is 0.409 e. The number of hydrogen-bond donors (Lipinski definition) is 4. The van der Waals surface area contributed by atoms with Gasteiger partial charge in [0.2, 0.25) is 5.91 Å². The normalized spacial score (nSPS) is 16.0. The summed E-state index contributed by atoms with van der Waals surface area (Å²) in [5.74, 6) is -0.0683. The van der Waals surface area contributed by atoms with E-state index < -0.39 is 27.8 Å². The number of hydrogen-bond acceptors (Lipinski definition) is 7. The van der Waals surface area contributed by atoms with Gasteiger partial charge in [-0.15, -0.1) is 0 Å². The zero-order valence-electron chi connectivity index (χ0n) is 18.7. The Labute approximate surface area is 191 Å². The molecule has 1 aliphatic rings. The Bertz CT molecular complexity index is 1170. The Balaban J connectivity index is 2.05. The molecule has 1 unspecified atom stereocenters. The Morgan fingerprint density at radius 1 is 1.33 bits per heavy atom. The molecule has 0 fully saturated rings. The molecule has 1 aliphatic heterocycles. The molecule has 13 heteroatoms. The molecule has 0 radical (unpaired) electrons. The van der Waals surface area contributed by atoms with Gasteiger partial charge in [0.25, 0.3) is 10.0 Å². The number of rotatable bonds is 7. The summed E-state index contributed by atoms with van der Waals surface area (Å²) in [7, 11) is -4.16. The summed E-state index contributed by atoms with van der Waals surface area (Å²) in [5.41, 5.74) is -0.549. The van der Waals surface area contributed by atoms with Crippen molar-refractivity contribution < 1.29 is 33.0 Å². The highest BCUT2D eigenvalue weighted by Gasteiger charge is 2.37. The zero-order chi connectivity index (χ0) is 24.6. The van der Waals surface area contributed by atoms with Crippen molar-refractivity contribution >= 4 is 33.4 Å². The fourth-order valence-corrected chi connectivity index (χ4v) is 5.12. The molecule has 1 aromatic heterocycles. The van der Waals surface area contributed by atoms with Crippen molar-refractivity contribution in [3.63, 3.8) is 0 Å². The van der Waals surface area contributed by atoms with Crippen molar-refractivity contribution in [3.8, 4) is 5.75 Å². The van der Waals surface area contributed by atoms with Gasteiger partial charge in [-0.3, -0.25) is 19.1 Å². The summed E-state index contributed by atoms with van der Waals surface area (Å²) in [6.07, 6.45) is -0.630. The van der Waals surface area contributed by atoms with Gasteiger partial charge in [0.05, 0.1) is 36.6 Å². The summed E-state index contributed by atoms with van der Waals surface area (Å²) in [6, 6.07) is 4.28. The first-order valence-electron chi connectivity index (χ1n) is 10.1. The topological polar surface area (TPSA) is 163 Å². The van der Waals surface area contributed by atoms with Crippen molar-refractivity contribution in [2.24, 2.45) is 0 Å². The summed E-state index contributed by atoms with van der Waals surface area (Å²) >= 11 is 0. The minimum absolute atomic E-state index is 0.0607. The van der Waals surface area contributed by atoms with E-state index in [1.54, 1.807) is 20.8 Å². The van der Waals surface area contributed by atoms with Gasteiger partial charge in [-0.2, -0.15) is 5.10 Å². The second kappa shape index (κ2) is 8.90. The van der Waals surface area contributed by atoms with E-state index in [0.717, 1.165) is 4.31 Å². The number of carboxylic acid groups (broad SMARTS) is 1. The van der Waals surface area contributed by atoms with Gasteiger partial charge in [-0.05, 0) is 39.0 Å². The minimum Gasteiger partial charge on any atom is -0.484 e. The molecule has 1 aromatic carbocycles. The van der Waals surface area contributed by atoms with Gasteiger partial charge in [-0.1, -0.05) is 0 Å². The molecular formula is C20H27N5O7S. The van der Waals surface area contributed by atoms with Crippen LogP contribution in [0.1, 0.15) is 26.5 Å². The molecule has 0 spiro atoms. The highest BCUT2D eigenvalue weighted by molar-refractivity contribution is 7.92. The maximum absolute atomic E-state index is 13.7. The van der Waals surface area contributed by atoms with Crippen LogP contribution >= 0.6 is 0 Å². The number of carbonyl (C=O) groups is 2. The molecule has 1 atom stereocenters. The van der Waals surface area contributed by atoms with E-state index in [1.165, 1.54) is 36.0 Å². The molecular weight excluding hydrogens is 454 g/mol. The second-order valence-corrected chi connectivity index (χ2v) is 10.2. The van der Waals surface area contributed by atoms with Crippen LogP contribution in [0.2, 0.25) is 0 Å². The monoisotopic (exact) mass is 481 g/mol. The number of nitrogens with zero attached hydrogens (tertiary/aromatic N) is 3. The van der Waals surface area contributed by atoms with E-state index in [-0.39, 0.29) is 53.3 Å². The van der Waals surface area contributed by atoms with Crippen LogP contribution in [-0.2, 0) is 21.4 Å². The van der Waals surface area contributed by atoms with Crippen LogP contribution in [0.15, 0.2) is 29.3 Å². The Morgan fingerprint density at radius 2 is 2.03 bits per heavy atom. The van der Waals surface area contributed by atoms with Crippen molar-refractivity contribution in [1.29, 1.82) is 0 Å². The lowest BCUT2D eigenvalue weighted by Crippen LogP contribution is -2.48. The number of sulfonamides is 1. The summed E-state index contributed by atoms with van der Waals surface area (Å²) in [6.45, 7) is 6.10. The van der Waals surface area contributed by atoms with Crippen LogP contribution in [0, 0.1) is 6.92 Å². The molecule has 33 heavy (non-hydrogen) atoms. The first kappa shape index (κ1) is 24.3. The molecule has 3 rings (SSSR count). The average molecular weight is 482 g/mol. The fourth-order valence-electron chi connectivity index (χ4n) is 3.45. The molecule has 12 nitrogen and oxygen atoms in total. The number of amides is 2. The first-order chi connectivity index (χ1) is 15.3. The largest absolute Gasteiger partial charge is 0.484 e. The van der Waals surface area contributed by atoms with E-state index in [0.29, 0.717) is 0 Å². The van der Waals surface area contributed by atoms with E-state index >= 15 is 0 Å². The SMILES string of the molecule is CC(=O)NCC1CN(S(=O)(=O)c2cn(CC(C)(C)O)nc2C)c2cc(NC(=O)O)ccc2O1. The van der Waals surface area contributed by atoms with Crippen molar-refractivity contribution in [1.82, 2.24) is 15.1 Å². The van der Waals surface area contributed by atoms with Gasteiger partial charge in [-0.25, -0.2) is 13.2 Å². The summed E-state index contributed by atoms with van der Waals surface area (Å²) < 4.78 is 35.7. The van der Waals surface area contributed by atoms with Crippen molar-refractivity contribution in [2.45, 2.75) is 50.8 Å². The maximum Gasteiger partial charge on any atom is 0.409 e. The third-order valence-electron chi connectivity index (χ3n) is 4.74. The van der Waals surface area contributed by atoms with Crippen LogP contribution in [0.3, 0.4) is 0 Å². The van der Waals surface area contributed by atoms with Crippen molar-refractivity contribution in [2.75, 3.05) is 22.7 Å². The van der Waals surface area contributed by atoms with Gasteiger partial charge < -0.3 is 20.3 Å². The van der Waals surface area contributed by atoms with E-state index in [1.807, 2.05) is 0 Å². The van der Waals surface area contributed by atoms with Crippen LogP contribution in [0.4, 0.5) is 16.2 Å². The van der Waals surface area contributed by atoms with Gasteiger partial charge in [0.1, 0.15) is 16.7 Å². The predicted octanol–water partition coefficient (Wildman–Crippen LogP) is 1.14.